The van der Waals surface area contributed by atoms with Crippen LogP contribution in [0.15, 0.2) is 0 Å². The van der Waals surface area contributed by atoms with E-state index in [0.29, 0.717) is 0 Å². The molecule has 0 amide bonds. The van der Waals surface area contributed by atoms with E-state index in [9.17, 15) is 0 Å². The van der Waals surface area contributed by atoms with Crippen LogP contribution in [0.2, 0.25) is 0 Å². The molecule has 3 nitrogen and oxygen atoms in total. The molecule has 2 saturated heterocycles. The van der Waals surface area contributed by atoms with Crippen LogP contribution in [0, 0.1) is 11.8 Å². The first kappa shape index (κ1) is 11.4. The number of likely N-dealkylation sites (tertiary alicyclic amines) is 1. The Morgan fingerprint density at radius 2 is 1.87 bits per heavy atom. The average Bonchev–Trinajstić information content (AvgIpc) is 2.23. The molecule has 0 spiro atoms. The Morgan fingerprint density at radius 1 is 1.13 bits per heavy atom. The van der Waals surface area contributed by atoms with E-state index >= 15 is 0 Å². The van der Waals surface area contributed by atoms with Crippen molar-refractivity contribution < 1.29 is 4.74 Å². The van der Waals surface area contributed by atoms with Crippen molar-refractivity contribution in [3.05, 3.63) is 0 Å². The molecule has 0 saturated carbocycles. The third-order valence-electron chi connectivity index (χ3n) is 3.83. The number of nitrogens with zero attached hydrogens (tertiary/aromatic N) is 1. The highest BCUT2D eigenvalue weighted by molar-refractivity contribution is 4.73. The lowest BCUT2D eigenvalue weighted by Gasteiger charge is -2.32. The van der Waals surface area contributed by atoms with Crippen molar-refractivity contribution in [3.63, 3.8) is 0 Å². The van der Waals surface area contributed by atoms with E-state index in [-0.39, 0.29) is 0 Å². The largest absolute Gasteiger partial charge is 0.381 e. The Balaban J connectivity index is 1.52. The summed E-state index contributed by atoms with van der Waals surface area (Å²) in [5, 5.41) is 0. The monoisotopic (exact) mass is 212 g/mol. The number of hydrogen-bond acceptors (Lipinski definition) is 3. The van der Waals surface area contributed by atoms with Gasteiger partial charge in [-0.2, -0.15) is 0 Å². The van der Waals surface area contributed by atoms with Crippen LogP contribution in [0.3, 0.4) is 0 Å². The maximum Gasteiger partial charge on any atom is 0.0516 e. The average molecular weight is 212 g/mol. The van der Waals surface area contributed by atoms with Crippen LogP contribution in [0.25, 0.3) is 0 Å². The topological polar surface area (TPSA) is 38.5 Å². The number of piperidine rings is 1. The van der Waals surface area contributed by atoms with E-state index in [1.807, 2.05) is 0 Å². The Morgan fingerprint density at radius 3 is 2.40 bits per heavy atom. The molecule has 2 aliphatic rings. The third-order valence-corrected chi connectivity index (χ3v) is 3.83. The number of hydrogen-bond donors (Lipinski definition) is 1. The molecule has 0 aliphatic carbocycles. The highest BCUT2D eigenvalue weighted by atomic mass is 16.5. The van der Waals surface area contributed by atoms with Gasteiger partial charge in [0.25, 0.3) is 0 Å². The van der Waals surface area contributed by atoms with Gasteiger partial charge in [-0.1, -0.05) is 0 Å². The van der Waals surface area contributed by atoms with Crippen molar-refractivity contribution in [2.75, 3.05) is 39.4 Å². The minimum atomic E-state index is 0.793. The van der Waals surface area contributed by atoms with Crippen LogP contribution < -0.4 is 5.73 Å². The Kier molecular flexibility index (Phi) is 4.42. The summed E-state index contributed by atoms with van der Waals surface area (Å²) in [6, 6.07) is 0. The molecule has 88 valence electrons. The molecule has 2 rings (SSSR count). The van der Waals surface area contributed by atoms with E-state index in [2.05, 4.69) is 4.90 Å². The summed E-state index contributed by atoms with van der Waals surface area (Å²) in [6.45, 7) is 6.72. The van der Waals surface area contributed by atoms with Gasteiger partial charge in [0.05, 0.1) is 13.2 Å². The van der Waals surface area contributed by atoms with Crippen LogP contribution in [0.1, 0.15) is 25.7 Å². The van der Waals surface area contributed by atoms with Crippen molar-refractivity contribution >= 4 is 0 Å². The second-order valence-electron chi connectivity index (χ2n) is 5.07. The van der Waals surface area contributed by atoms with Gasteiger partial charge in [0.2, 0.25) is 0 Å². The summed E-state index contributed by atoms with van der Waals surface area (Å²) in [4.78, 5) is 2.60. The van der Waals surface area contributed by atoms with Gasteiger partial charge < -0.3 is 15.4 Å². The zero-order chi connectivity index (χ0) is 10.5. The lowest BCUT2D eigenvalue weighted by Crippen LogP contribution is -2.37. The highest BCUT2D eigenvalue weighted by Crippen LogP contribution is 2.19. The summed E-state index contributed by atoms with van der Waals surface area (Å²) < 4.78 is 5.18. The van der Waals surface area contributed by atoms with Gasteiger partial charge in [0, 0.05) is 5.92 Å². The second-order valence-corrected chi connectivity index (χ2v) is 5.07. The first-order chi connectivity index (χ1) is 7.38. The SMILES string of the molecule is NCC1CCN(CCCC2COC2)CC1. The summed E-state index contributed by atoms with van der Waals surface area (Å²) in [6.07, 6.45) is 5.32. The zero-order valence-electron chi connectivity index (χ0n) is 9.66. The third kappa shape index (κ3) is 3.44. The van der Waals surface area contributed by atoms with Crippen LogP contribution in [0.5, 0.6) is 0 Å². The Hall–Kier alpha value is -0.120. The summed E-state index contributed by atoms with van der Waals surface area (Å²) in [7, 11) is 0. The first-order valence-electron chi connectivity index (χ1n) is 6.38. The van der Waals surface area contributed by atoms with E-state index in [1.54, 1.807) is 0 Å². The molecule has 0 radical (unpaired) electrons. The van der Waals surface area contributed by atoms with Gasteiger partial charge in [0.1, 0.15) is 0 Å². The van der Waals surface area contributed by atoms with Gasteiger partial charge in [-0.05, 0) is 57.8 Å². The van der Waals surface area contributed by atoms with Crippen LogP contribution >= 0.6 is 0 Å². The lowest BCUT2D eigenvalue weighted by atomic mass is 9.96. The molecule has 0 aromatic heterocycles. The van der Waals surface area contributed by atoms with Crippen molar-refractivity contribution in [3.8, 4) is 0 Å². The molecule has 0 aromatic rings. The zero-order valence-corrected chi connectivity index (χ0v) is 9.66. The highest BCUT2D eigenvalue weighted by Gasteiger charge is 2.20. The first-order valence-corrected chi connectivity index (χ1v) is 6.38. The van der Waals surface area contributed by atoms with Crippen LogP contribution in [-0.2, 0) is 4.74 Å². The maximum absolute atomic E-state index is 5.68. The van der Waals surface area contributed by atoms with E-state index in [0.717, 1.165) is 31.6 Å². The van der Waals surface area contributed by atoms with Gasteiger partial charge >= 0.3 is 0 Å². The molecule has 0 aromatic carbocycles. The summed E-state index contributed by atoms with van der Waals surface area (Å²) in [5.74, 6) is 1.66. The molecule has 15 heavy (non-hydrogen) atoms. The second kappa shape index (κ2) is 5.83. The molecule has 3 heteroatoms. The molecule has 0 unspecified atom stereocenters. The fourth-order valence-corrected chi connectivity index (χ4v) is 2.50. The van der Waals surface area contributed by atoms with Gasteiger partial charge in [-0.15, -0.1) is 0 Å². The molecular weight excluding hydrogens is 188 g/mol. The number of nitrogens with two attached hydrogens (primary N) is 1. The number of rotatable bonds is 5. The van der Waals surface area contributed by atoms with Crippen molar-refractivity contribution in [2.24, 2.45) is 17.6 Å². The van der Waals surface area contributed by atoms with Crippen LogP contribution in [-0.4, -0.2) is 44.3 Å². The molecule has 0 bridgehead atoms. The number of ether oxygens (including phenoxy) is 1. The molecule has 2 heterocycles. The molecule has 2 N–H and O–H groups in total. The Bertz CT molecular complexity index is 174. The normalized spacial score (nSPS) is 25.4. The predicted octanol–water partition coefficient (Wildman–Crippen LogP) is 1.08. The van der Waals surface area contributed by atoms with Crippen molar-refractivity contribution in [1.29, 1.82) is 0 Å². The molecule has 0 atom stereocenters. The molecule has 2 fully saturated rings. The predicted molar refractivity (Wildman–Crippen MR) is 61.8 cm³/mol. The van der Waals surface area contributed by atoms with E-state index in [1.165, 1.54) is 45.3 Å². The van der Waals surface area contributed by atoms with Gasteiger partial charge in [0.15, 0.2) is 0 Å². The fourth-order valence-electron chi connectivity index (χ4n) is 2.50. The molecule has 2 aliphatic heterocycles. The maximum atomic E-state index is 5.68. The van der Waals surface area contributed by atoms with Gasteiger partial charge in [-0.25, -0.2) is 0 Å². The molecular formula is C12H24N2O. The summed E-state index contributed by atoms with van der Waals surface area (Å²) in [5.41, 5.74) is 5.68. The smallest absolute Gasteiger partial charge is 0.0516 e. The van der Waals surface area contributed by atoms with Gasteiger partial charge in [-0.3, -0.25) is 0 Å². The lowest BCUT2D eigenvalue weighted by molar-refractivity contribution is -0.0372. The van der Waals surface area contributed by atoms with Crippen molar-refractivity contribution in [1.82, 2.24) is 4.90 Å². The van der Waals surface area contributed by atoms with Crippen LogP contribution in [0.4, 0.5) is 0 Å². The minimum absolute atomic E-state index is 0.793. The van der Waals surface area contributed by atoms with E-state index < -0.39 is 0 Å². The van der Waals surface area contributed by atoms with Crippen molar-refractivity contribution in [2.45, 2.75) is 25.7 Å². The summed E-state index contributed by atoms with van der Waals surface area (Å²) >= 11 is 0. The standard InChI is InChI=1S/C12H24N2O/c13-8-11-3-6-14(7-4-11)5-1-2-12-9-15-10-12/h11-12H,1-10,13H2. The minimum Gasteiger partial charge on any atom is -0.381 e. The quantitative estimate of drug-likeness (QED) is 0.741. The van der Waals surface area contributed by atoms with E-state index in [4.69, 9.17) is 10.5 Å². The Labute approximate surface area is 93.0 Å². The fraction of sp³-hybridized carbons (Fsp3) is 1.00.